The van der Waals surface area contributed by atoms with Crippen molar-refractivity contribution in [2.75, 3.05) is 25.0 Å². The number of anilines is 1. The van der Waals surface area contributed by atoms with Gasteiger partial charge in [0.05, 0.1) is 4.88 Å². The van der Waals surface area contributed by atoms with Gasteiger partial charge in [0, 0.05) is 24.0 Å². The number of carbonyl (C=O) groups is 4. The Labute approximate surface area is 185 Å². The van der Waals surface area contributed by atoms with Gasteiger partial charge >= 0.3 is 12.0 Å². The molecule has 158 valence electrons. The minimum atomic E-state index is -0.755. The first-order chi connectivity index (χ1) is 15.0. The number of rotatable bonds is 6. The molecule has 0 atom stereocenters. The van der Waals surface area contributed by atoms with Crippen LogP contribution in [0.2, 0.25) is 0 Å². The molecule has 10 heteroatoms. The van der Waals surface area contributed by atoms with E-state index in [1.54, 1.807) is 22.9 Å². The minimum Gasteiger partial charge on any atom is -0.452 e. The number of nitrogens with one attached hydrogen (secondary N) is 2. The van der Waals surface area contributed by atoms with Crippen LogP contribution in [0.3, 0.4) is 0 Å². The Morgan fingerprint density at radius 3 is 2.58 bits per heavy atom. The largest absolute Gasteiger partial charge is 0.452 e. The van der Waals surface area contributed by atoms with E-state index in [2.05, 4.69) is 10.6 Å². The van der Waals surface area contributed by atoms with Crippen molar-refractivity contribution in [1.29, 1.82) is 0 Å². The third-order valence-electron chi connectivity index (χ3n) is 4.54. The number of urea groups is 1. The number of thiophene rings is 2. The highest BCUT2D eigenvalue weighted by atomic mass is 32.1. The van der Waals surface area contributed by atoms with Gasteiger partial charge in [-0.05, 0) is 17.0 Å². The van der Waals surface area contributed by atoms with Crippen LogP contribution in [0.15, 0.2) is 53.2 Å². The molecule has 0 aliphatic carbocycles. The van der Waals surface area contributed by atoms with E-state index >= 15 is 0 Å². The average molecular weight is 456 g/mol. The number of esters is 1. The number of nitrogens with zero attached hydrogens (tertiary/aromatic N) is 1. The van der Waals surface area contributed by atoms with E-state index in [0.717, 1.165) is 10.5 Å². The molecule has 2 N–H and O–H groups in total. The molecule has 1 aromatic carbocycles. The van der Waals surface area contributed by atoms with Crippen LogP contribution >= 0.6 is 22.7 Å². The van der Waals surface area contributed by atoms with Crippen molar-refractivity contribution in [3.8, 4) is 11.1 Å². The molecule has 3 heterocycles. The van der Waals surface area contributed by atoms with Crippen LogP contribution < -0.4 is 10.6 Å². The molecular formula is C21H17N3O5S2. The van der Waals surface area contributed by atoms with Crippen molar-refractivity contribution in [3.05, 3.63) is 63.7 Å². The number of carbonyl (C=O) groups excluding carboxylic acids is 4. The molecule has 1 aliphatic rings. The second-order valence-electron chi connectivity index (χ2n) is 6.50. The summed E-state index contributed by atoms with van der Waals surface area (Å²) in [5, 5.41) is 9.15. The first-order valence-electron chi connectivity index (χ1n) is 9.31. The first-order valence-corrected chi connectivity index (χ1v) is 11.1. The Hall–Kier alpha value is -3.50. The molecule has 3 aromatic rings. The molecule has 31 heavy (non-hydrogen) atoms. The molecule has 4 rings (SSSR count). The Bertz CT molecular complexity index is 1130. The molecule has 2 aromatic heterocycles. The molecular weight excluding hydrogens is 438 g/mol. The summed E-state index contributed by atoms with van der Waals surface area (Å²) in [6.07, 6.45) is 0. The predicted octanol–water partition coefficient (Wildman–Crippen LogP) is 3.44. The maximum absolute atomic E-state index is 13.0. The lowest BCUT2D eigenvalue weighted by Crippen LogP contribution is -2.37. The molecule has 0 spiro atoms. The van der Waals surface area contributed by atoms with E-state index in [1.807, 2.05) is 30.3 Å². The molecule has 1 aliphatic heterocycles. The summed E-state index contributed by atoms with van der Waals surface area (Å²) in [6.45, 7) is 0.0137. The highest BCUT2D eigenvalue weighted by Crippen LogP contribution is 2.36. The highest BCUT2D eigenvalue weighted by Gasteiger charge is 2.29. The van der Waals surface area contributed by atoms with Crippen LogP contribution in [0.4, 0.5) is 9.80 Å². The average Bonchev–Trinajstić information content (AvgIpc) is 3.53. The fourth-order valence-electron chi connectivity index (χ4n) is 3.04. The van der Waals surface area contributed by atoms with Gasteiger partial charge in [0.2, 0.25) is 0 Å². The molecule has 1 saturated heterocycles. The van der Waals surface area contributed by atoms with Gasteiger partial charge in [0.15, 0.2) is 6.61 Å². The number of ether oxygens (including phenoxy) is 1. The molecule has 4 amide bonds. The number of hydrogen-bond acceptors (Lipinski definition) is 7. The van der Waals surface area contributed by atoms with Gasteiger partial charge in [-0.1, -0.05) is 36.4 Å². The van der Waals surface area contributed by atoms with Crippen molar-refractivity contribution >= 4 is 51.5 Å². The van der Waals surface area contributed by atoms with Gasteiger partial charge in [-0.15, -0.1) is 22.7 Å². The lowest BCUT2D eigenvalue weighted by Gasteiger charge is -2.13. The maximum Gasteiger partial charge on any atom is 0.342 e. The third-order valence-corrected chi connectivity index (χ3v) is 6.30. The van der Waals surface area contributed by atoms with Crippen LogP contribution in [0.5, 0.6) is 0 Å². The zero-order valence-electron chi connectivity index (χ0n) is 16.1. The summed E-state index contributed by atoms with van der Waals surface area (Å²) in [4.78, 5) is 50.8. The topological polar surface area (TPSA) is 105 Å². The smallest absolute Gasteiger partial charge is 0.342 e. The third kappa shape index (κ3) is 4.49. The number of imide groups is 1. The Balaban J connectivity index is 1.58. The monoisotopic (exact) mass is 455 g/mol. The Morgan fingerprint density at radius 2 is 1.90 bits per heavy atom. The lowest BCUT2D eigenvalue weighted by molar-refractivity contribution is -0.130. The minimum absolute atomic E-state index is 0.166. The van der Waals surface area contributed by atoms with Crippen molar-refractivity contribution in [3.63, 3.8) is 0 Å². The molecule has 0 bridgehead atoms. The summed E-state index contributed by atoms with van der Waals surface area (Å²) < 4.78 is 5.23. The fourth-order valence-corrected chi connectivity index (χ4v) is 4.61. The summed E-state index contributed by atoms with van der Waals surface area (Å²) in [7, 11) is 0. The number of hydrogen-bond donors (Lipinski definition) is 2. The molecule has 1 fully saturated rings. The maximum atomic E-state index is 13.0. The van der Waals surface area contributed by atoms with Crippen LogP contribution in [0.25, 0.3) is 11.1 Å². The summed E-state index contributed by atoms with van der Waals surface area (Å²) in [6, 6.07) is 12.1. The van der Waals surface area contributed by atoms with E-state index in [4.69, 9.17) is 4.74 Å². The van der Waals surface area contributed by atoms with Crippen molar-refractivity contribution in [2.45, 2.75) is 0 Å². The van der Waals surface area contributed by atoms with Crippen LogP contribution in [-0.4, -0.2) is 48.4 Å². The standard InChI is InChI=1S/C21H17N3O5S2/c25-16(24-9-8-22-21(24)28)11-29-20(27)17-14(13-5-2-1-3-6-13)12-31-19(17)23-18(26)15-7-4-10-30-15/h1-7,10,12H,8-9,11H2,(H,22,28)(H,23,26). The van der Waals surface area contributed by atoms with Crippen molar-refractivity contribution in [1.82, 2.24) is 10.2 Å². The van der Waals surface area contributed by atoms with E-state index in [-0.39, 0.29) is 18.0 Å². The van der Waals surface area contributed by atoms with Crippen molar-refractivity contribution in [2.24, 2.45) is 0 Å². The Kier molecular flexibility index (Phi) is 6.10. The quantitative estimate of drug-likeness (QED) is 0.554. The van der Waals surface area contributed by atoms with Gasteiger partial charge in [0.1, 0.15) is 10.6 Å². The van der Waals surface area contributed by atoms with Gasteiger partial charge in [-0.3, -0.25) is 14.5 Å². The fraction of sp³-hybridized carbons (Fsp3) is 0.143. The zero-order valence-corrected chi connectivity index (χ0v) is 17.8. The van der Waals surface area contributed by atoms with Gasteiger partial charge in [0.25, 0.3) is 11.8 Å². The van der Waals surface area contributed by atoms with Gasteiger partial charge < -0.3 is 15.4 Å². The van der Waals surface area contributed by atoms with Crippen LogP contribution in [0, 0.1) is 0 Å². The second kappa shape index (κ2) is 9.11. The van der Waals surface area contributed by atoms with E-state index < -0.39 is 24.5 Å². The molecule has 0 unspecified atom stereocenters. The molecule has 0 saturated carbocycles. The number of benzene rings is 1. The summed E-state index contributed by atoms with van der Waals surface area (Å²) in [5.41, 5.74) is 1.52. The highest BCUT2D eigenvalue weighted by molar-refractivity contribution is 7.15. The van der Waals surface area contributed by atoms with Crippen LogP contribution in [-0.2, 0) is 9.53 Å². The normalized spacial score (nSPS) is 13.0. The molecule has 0 radical (unpaired) electrons. The second-order valence-corrected chi connectivity index (χ2v) is 8.33. The zero-order chi connectivity index (χ0) is 21.8. The van der Waals surface area contributed by atoms with Crippen LogP contribution in [0.1, 0.15) is 20.0 Å². The van der Waals surface area contributed by atoms with Gasteiger partial charge in [-0.2, -0.15) is 0 Å². The SMILES string of the molecule is O=C(Nc1scc(-c2ccccc2)c1C(=O)OCC(=O)N1CCNC1=O)c1cccs1. The van der Waals surface area contributed by atoms with Crippen molar-refractivity contribution < 1.29 is 23.9 Å². The molecule has 8 nitrogen and oxygen atoms in total. The predicted molar refractivity (Wildman–Crippen MR) is 117 cm³/mol. The first kappa shape index (κ1) is 20.8. The number of amides is 4. The van der Waals surface area contributed by atoms with E-state index in [1.165, 1.54) is 22.7 Å². The van der Waals surface area contributed by atoms with E-state index in [9.17, 15) is 19.2 Å². The van der Waals surface area contributed by atoms with E-state index in [0.29, 0.717) is 22.0 Å². The van der Waals surface area contributed by atoms with Gasteiger partial charge in [-0.25, -0.2) is 9.59 Å². The lowest BCUT2D eigenvalue weighted by atomic mass is 10.0. The summed E-state index contributed by atoms with van der Waals surface area (Å²) >= 11 is 2.48. The summed E-state index contributed by atoms with van der Waals surface area (Å²) in [5.74, 6) is -1.70. The Morgan fingerprint density at radius 1 is 1.10 bits per heavy atom.